The van der Waals surface area contributed by atoms with Gasteiger partial charge in [0.1, 0.15) is 18.3 Å². The van der Waals surface area contributed by atoms with Gasteiger partial charge in [-0.3, -0.25) is 13.9 Å². The number of hydrogen-bond acceptors (Lipinski definition) is 5. The maximum atomic E-state index is 14.1. The highest BCUT2D eigenvalue weighted by molar-refractivity contribution is 7.92. The number of sulfonamides is 1. The molecule has 0 aliphatic carbocycles. The first-order valence-corrected chi connectivity index (χ1v) is 15.5. The number of rotatable bonds is 14. The van der Waals surface area contributed by atoms with Gasteiger partial charge in [-0.1, -0.05) is 63.2 Å². The van der Waals surface area contributed by atoms with Crippen LogP contribution in [0.4, 0.5) is 5.69 Å². The summed E-state index contributed by atoms with van der Waals surface area (Å²) < 4.78 is 34.2. The van der Waals surface area contributed by atoms with E-state index >= 15 is 0 Å². The van der Waals surface area contributed by atoms with Crippen molar-refractivity contribution in [3.63, 3.8) is 0 Å². The Morgan fingerprint density at radius 2 is 1.46 bits per heavy atom. The zero-order chi connectivity index (χ0) is 30.0. The lowest BCUT2D eigenvalue weighted by Gasteiger charge is -2.33. The molecule has 3 aromatic rings. The molecule has 0 radical (unpaired) electrons. The molecule has 2 amide bonds. The number of nitrogens with one attached hydrogen (secondary N) is 1. The number of ether oxygens (including phenoxy) is 1. The van der Waals surface area contributed by atoms with Crippen LogP contribution in [0.15, 0.2) is 83.8 Å². The highest BCUT2D eigenvalue weighted by atomic mass is 32.2. The summed E-state index contributed by atoms with van der Waals surface area (Å²) in [6, 6.07) is 21.6. The van der Waals surface area contributed by atoms with Gasteiger partial charge in [0.05, 0.1) is 17.7 Å². The smallest absolute Gasteiger partial charge is 0.264 e. The molecule has 0 unspecified atom stereocenters. The van der Waals surface area contributed by atoms with Gasteiger partial charge in [-0.15, -0.1) is 0 Å². The van der Waals surface area contributed by atoms with Gasteiger partial charge in [-0.05, 0) is 73.7 Å². The van der Waals surface area contributed by atoms with Crippen LogP contribution in [0, 0.1) is 0 Å². The van der Waals surface area contributed by atoms with Gasteiger partial charge in [-0.25, -0.2) is 8.42 Å². The van der Waals surface area contributed by atoms with E-state index in [4.69, 9.17) is 4.74 Å². The minimum Gasteiger partial charge on any atom is -0.497 e. The number of amides is 2. The Morgan fingerprint density at radius 3 is 2.00 bits per heavy atom. The molecule has 0 fully saturated rings. The summed E-state index contributed by atoms with van der Waals surface area (Å²) in [5, 5.41) is 2.99. The fourth-order valence-electron chi connectivity index (χ4n) is 4.43. The molecule has 0 saturated carbocycles. The largest absolute Gasteiger partial charge is 0.497 e. The van der Waals surface area contributed by atoms with E-state index < -0.39 is 28.5 Å². The second-order valence-electron chi connectivity index (χ2n) is 9.96. The van der Waals surface area contributed by atoms with E-state index in [9.17, 15) is 18.0 Å². The predicted octanol–water partition coefficient (Wildman–Crippen LogP) is 5.18. The molecule has 9 heteroatoms. The fraction of sp³-hybridized carbons (Fsp3) is 0.375. The van der Waals surface area contributed by atoms with E-state index in [0.29, 0.717) is 17.9 Å². The molecular weight excluding hydrogens is 538 g/mol. The molecule has 0 bridgehead atoms. The van der Waals surface area contributed by atoms with Crippen molar-refractivity contribution in [2.45, 2.75) is 70.5 Å². The molecule has 0 aliphatic heterocycles. The van der Waals surface area contributed by atoms with Gasteiger partial charge in [0.15, 0.2) is 0 Å². The minimum atomic E-state index is -4.09. The maximum Gasteiger partial charge on any atom is 0.264 e. The molecule has 0 heterocycles. The number of aryl methyl sites for hydroxylation is 1. The number of hydrogen-bond donors (Lipinski definition) is 1. The zero-order valence-electron chi connectivity index (χ0n) is 24.5. The van der Waals surface area contributed by atoms with Crippen molar-refractivity contribution in [3.05, 3.63) is 90.0 Å². The summed E-state index contributed by atoms with van der Waals surface area (Å²) >= 11 is 0. The summed E-state index contributed by atoms with van der Waals surface area (Å²) in [6.45, 7) is 7.41. The summed E-state index contributed by atoms with van der Waals surface area (Å²) in [5.41, 5.74) is 2.21. The van der Waals surface area contributed by atoms with Crippen LogP contribution >= 0.6 is 0 Å². The third-order valence-corrected chi connectivity index (χ3v) is 8.93. The Labute approximate surface area is 244 Å². The van der Waals surface area contributed by atoms with E-state index in [0.717, 1.165) is 28.3 Å². The summed E-state index contributed by atoms with van der Waals surface area (Å²) in [7, 11) is -2.52. The Morgan fingerprint density at radius 1 is 0.854 bits per heavy atom. The van der Waals surface area contributed by atoms with Crippen molar-refractivity contribution in [2.24, 2.45) is 0 Å². The average Bonchev–Trinajstić information content (AvgIpc) is 3.00. The maximum absolute atomic E-state index is 14.1. The number of benzene rings is 3. The molecule has 2 atom stereocenters. The number of carbonyl (C=O) groups excluding carboxylic acids is 2. The predicted molar refractivity (Wildman–Crippen MR) is 162 cm³/mol. The second kappa shape index (κ2) is 14.7. The van der Waals surface area contributed by atoms with Crippen LogP contribution in [0.3, 0.4) is 0 Å². The van der Waals surface area contributed by atoms with Gasteiger partial charge >= 0.3 is 0 Å². The first-order valence-electron chi connectivity index (χ1n) is 14.0. The van der Waals surface area contributed by atoms with E-state index in [1.165, 1.54) is 17.0 Å². The van der Waals surface area contributed by atoms with Gasteiger partial charge < -0.3 is 15.0 Å². The van der Waals surface area contributed by atoms with Crippen LogP contribution in [-0.4, -0.2) is 50.9 Å². The molecule has 0 saturated heterocycles. The van der Waals surface area contributed by atoms with Crippen molar-refractivity contribution in [3.8, 4) is 5.75 Å². The number of carbonyl (C=O) groups is 2. The van der Waals surface area contributed by atoms with Crippen LogP contribution in [-0.2, 0) is 32.6 Å². The molecule has 0 aliphatic rings. The number of methoxy groups -OCH3 is 1. The highest BCUT2D eigenvalue weighted by Gasteiger charge is 2.34. The lowest BCUT2D eigenvalue weighted by atomic mass is 10.1. The van der Waals surface area contributed by atoms with Crippen molar-refractivity contribution in [1.29, 1.82) is 0 Å². The van der Waals surface area contributed by atoms with Crippen molar-refractivity contribution >= 4 is 27.5 Å². The second-order valence-corrected chi connectivity index (χ2v) is 11.8. The summed E-state index contributed by atoms with van der Waals surface area (Å²) in [6.07, 6.45) is 1.90. The molecule has 8 nitrogen and oxygen atoms in total. The van der Waals surface area contributed by atoms with Crippen LogP contribution in [0.25, 0.3) is 0 Å². The normalized spacial score (nSPS) is 12.7. The lowest BCUT2D eigenvalue weighted by Crippen LogP contribution is -2.53. The van der Waals surface area contributed by atoms with Crippen LogP contribution in [0.5, 0.6) is 5.75 Å². The van der Waals surface area contributed by atoms with Crippen LogP contribution in [0.2, 0.25) is 0 Å². The van der Waals surface area contributed by atoms with E-state index in [1.807, 2.05) is 52.0 Å². The van der Waals surface area contributed by atoms with Crippen molar-refractivity contribution in [2.75, 3.05) is 18.0 Å². The number of nitrogens with zero attached hydrogens (tertiary/aromatic N) is 2. The summed E-state index contributed by atoms with van der Waals surface area (Å²) in [5.74, 6) is -0.0802. The monoisotopic (exact) mass is 579 g/mol. The Kier molecular flexibility index (Phi) is 11.3. The van der Waals surface area contributed by atoms with Crippen LogP contribution < -0.4 is 14.4 Å². The molecule has 3 aromatic carbocycles. The zero-order valence-corrected chi connectivity index (χ0v) is 25.4. The van der Waals surface area contributed by atoms with Gasteiger partial charge in [0.2, 0.25) is 11.8 Å². The van der Waals surface area contributed by atoms with Gasteiger partial charge in [-0.2, -0.15) is 0 Å². The topological polar surface area (TPSA) is 96.0 Å². The van der Waals surface area contributed by atoms with E-state index in [1.54, 1.807) is 49.6 Å². The minimum absolute atomic E-state index is 0.0680. The Hall–Kier alpha value is -3.85. The Bertz CT molecular complexity index is 1380. The third kappa shape index (κ3) is 8.10. The molecule has 0 aromatic heterocycles. The van der Waals surface area contributed by atoms with E-state index in [2.05, 4.69) is 5.32 Å². The standard InChI is InChI=1S/C32H41N3O5S/c1-6-24(4)33-32(37)30(8-3)34(22-26-16-20-28(40-5)21-17-26)31(36)23-35(27-18-14-25(7-2)15-19-27)41(38,39)29-12-10-9-11-13-29/h9-21,24,30H,6-8,22-23H2,1-5H3,(H,33,37)/t24-,30+/m0/s1. The first kappa shape index (κ1) is 31.7. The summed E-state index contributed by atoms with van der Waals surface area (Å²) in [4.78, 5) is 29.1. The Balaban J connectivity index is 2.04. The highest BCUT2D eigenvalue weighted by Crippen LogP contribution is 2.25. The van der Waals surface area contributed by atoms with Gasteiger partial charge in [0, 0.05) is 12.6 Å². The number of anilines is 1. The average molecular weight is 580 g/mol. The molecule has 41 heavy (non-hydrogen) atoms. The molecule has 1 N–H and O–H groups in total. The quantitative estimate of drug-likeness (QED) is 0.284. The molecule has 3 rings (SSSR count). The third-order valence-electron chi connectivity index (χ3n) is 7.14. The van der Waals surface area contributed by atoms with Crippen molar-refractivity contribution < 1.29 is 22.7 Å². The van der Waals surface area contributed by atoms with Crippen molar-refractivity contribution in [1.82, 2.24) is 10.2 Å². The van der Waals surface area contributed by atoms with Crippen LogP contribution in [0.1, 0.15) is 51.7 Å². The van der Waals surface area contributed by atoms with E-state index in [-0.39, 0.29) is 23.4 Å². The fourth-order valence-corrected chi connectivity index (χ4v) is 5.87. The molecule has 220 valence electrons. The lowest BCUT2D eigenvalue weighted by molar-refractivity contribution is -0.140. The first-order chi connectivity index (χ1) is 19.6. The van der Waals surface area contributed by atoms with Gasteiger partial charge in [0.25, 0.3) is 10.0 Å². The SMILES string of the molecule is CCc1ccc(N(CC(=O)N(Cc2ccc(OC)cc2)[C@H](CC)C(=O)N[C@@H](C)CC)S(=O)(=O)c2ccccc2)cc1. The molecule has 0 spiro atoms. The molecular formula is C32H41N3O5S.